The molecule has 2 amide bonds. The van der Waals surface area contributed by atoms with Gasteiger partial charge in [-0.15, -0.1) is 0 Å². The zero-order valence-corrected chi connectivity index (χ0v) is 16.9. The van der Waals surface area contributed by atoms with Gasteiger partial charge in [0.1, 0.15) is 0 Å². The van der Waals surface area contributed by atoms with Crippen LogP contribution in [-0.4, -0.2) is 31.1 Å². The van der Waals surface area contributed by atoms with E-state index in [-0.39, 0.29) is 17.9 Å². The third-order valence-electron chi connectivity index (χ3n) is 6.17. The van der Waals surface area contributed by atoms with Crippen molar-refractivity contribution in [3.8, 4) is 0 Å². The third-order valence-corrected chi connectivity index (χ3v) is 6.17. The molecule has 0 aromatic heterocycles. The second-order valence-corrected chi connectivity index (χ2v) is 8.18. The van der Waals surface area contributed by atoms with E-state index < -0.39 is 5.41 Å². The van der Waals surface area contributed by atoms with Crippen molar-refractivity contribution in [3.05, 3.63) is 65.2 Å². The molecule has 29 heavy (non-hydrogen) atoms. The molecule has 1 heterocycles. The number of hydrogen-bond acceptors (Lipinski definition) is 3. The van der Waals surface area contributed by atoms with Crippen molar-refractivity contribution in [3.63, 3.8) is 0 Å². The fourth-order valence-electron chi connectivity index (χ4n) is 4.14. The lowest BCUT2D eigenvalue weighted by atomic mass is 9.63. The van der Waals surface area contributed by atoms with Crippen molar-refractivity contribution in [2.24, 2.45) is 0 Å². The van der Waals surface area contributed by atoms with Crippen molar-refractivity contribution in [1.29, 1.82) is 0 Å². The largest absolute Gasteiger partial charge is 0.376 e. The summed E-state index contributed by atoms with van der Waals surface area (Å²) >= 11 is 0. The maximum atomic E-state index is 12.9. The number of nitrogens with one attached hydrogen (secondary N) is 2. The van der Waals surface area contributed by atoms with Crippen LogP contribution >= 0.6 is 0 Å². The van der Waals surface area contributed by atoms with Crippen molar-refractivity contribution in [2.45, 2.75) is 50.5 Å². The fourth-order valence-corrected chi connectivity index (χ4v) is 4.14. The smallest absolute Gasteiger partial charge is 0.255 e. The molecule has 1 saturated carbocycles. The lowest BCUT2D eigenvalue weighted by Crippen LogP contribution is -2.50. The van der Waals surface area contributed by atoms with Crippen LogP contribution in [0.3, 0.4) is 0 Å². The Bertz CT molecular complexity index is 864. The molecule has 152 valence electrons. The molecule has 0 spiro atoms. The molecule has 5 nitrogen and oxygen atoms in total. The number of hydrogen-bond donors (Lipinski definition) is 2. The van der Waals surface area contributed by atoms with E-state index in [1.165, 1.54) is 0 Å². The number of carbonyl (C=O) groups is 2. The summed E-state index contributed by atoms with van der Waals surface area (Å²) in [7, 11) is 0. The van der Waals surface area contributed by atoms with Crippen LogP contribution in [0.2, 0.25) is 0 Å². The monoisotopic (exact) mass is 392 g/mol. The maximum Gasteiger partial charge on any atom is 0.255 e. The highest BCUT2D eigenvalue weighted by atomic mass is 16.5. The van der Waals surface area contributed by atoms with Crippen LogP contribution in [0.25, 0.3) is 0 Å². The zero-order valence-electron chi connectivity index (χ0n) is 16.9. The molecule has 1 aliphatic heterocycles. The third kappa shape index (κ3) is 4.20. The van der Waals surface area contributed by atoms with E-state index in [1.807, 2.05) is 55.5 Å². The normalized spacial score (nSPS) is 20.0. The van der Waals surface area contributed by atoms with Crippen LogP contribution in [-0.2, 0) is 14.9 Å². The minimum absolute atomic E-state index is 0.0932. The Morgan fingerprint density at radius 2 is 1.76 bits per heavy atom. The fraction of sp³-hybridized carbons (Fsp3) is 0.417. The average molecular weight is 392 g/mol. The lowest BCUT2D eigenvalue weighted by Gasteiger charge is -2.41. The topological polar surface area (TPSA) is 67.4 Å². The molecule has 2 aliphatic rings. The Kier molecular flexibility index (Phi) is 5.67. The Hall–Kier alpha value is -2.66. The van der Waals surface area contributed by atoms with E-state index >= 15 is 0 Å². The highest BCUT2D eigenvalue weighted by molar-refractivity contribution is 6.04. The van der Waals surface area contributed by atoms with E-state index in [0.717, 1.165) is 55.5 Å². The molecule has 2 N–H and O–H groups in total. The Morgan fingerprint density at radius 3 is 2.34 bits per heavy atom. The number of rotatable bonds is 6. The van der Waals surface area contributed by atoms with Gasteiger partial charge in [0, 0.05) is 24.4 Å². The Labute approximate surface area is 171 Å². The van der Waals surface area contributed by atoms with E-state index in [2.05, 4.69) is 10.6 Å². The van der Waals surface area contributed by atoms with Crippen LogP contribution in [0.4, 0.5) is 5.69 Å². The quantitative estimate of drug-likeness (QED) is 0.782. The molecule has 2 fully saturated rings. The van der Waals surface area contributed by atoms with Gasteiger partial charge in [-0.2, -0.15) is 0 Å². The molecule has 1 saturated heterocycles. The molecule has 0 radical (unpaired) electrons. The predicted molar refractivity (Wildman–Crippen MR) is 113 cm³/mol. The zero-order chi connectivity index (χ0) is 20.3. The summed E-state index contributed by atoms with van der Waals surface area (Å²) < 4.78 is 5.61. The molecule has 0 bridgehead atoms. The SMILES string of the molecule is Cc1ccc(C(=O)Nc2ccc(C3(C(=O)NCC4CCCO4)CCC3)cc2)cc1. The van der Waals surface area contributed by atoms with Crippen molar-refractivity contribution in [1.82, 2.24) is 5.32 Å². The number of ether oxygens (including phenoxy) is 1. The van der Waals surface area contributed by atoms with E-state index in [4.69, 9.17) is 4.74 Å². The molecular weight excluding hydrogens is 364 g/mol. The highest BCUT2D eigenvalue weighted by Crippen LogP contribution is 2.44. The first-order chi connectivity index (χ1) is 14.1. The second kappa shape index (κ2) is 8.37. The van der Waals surface area contributed by atoms with Crippen LogP contribution in [0.1, 0.15) is 53.6 Å². The van der Waals surface area contributed by atoms with Crippen molar-refractivity contribution in [2.75, 3.05) is 18.5 Å². The van der Waals surface area contributed by atoms with Gasteiger partial charge in [-0.3, -0.25) is 9.59 Å². The summed E-state index contributed by atoms with van der Waals surface area (Å²) in [6.07, 6.45) is 5.01. The number of carbonyl (C=O) groups excluding carboxylic acids is 2. The molecule has 1 aliphatic carbocycles. The van der Waals surface area contributed by atoms with E-state index in [9.17, 15) is 9.59 Å². The average Bonchev–Trinajstić information content (AvgIpc) is 3.21. The van der Waals surface area contributed by atoms with Crippen LogP contribution in [0, 0.1) is 6.92 Å². The molecule has 1 unspecified atom stereocenters. The van der Waals surface area contributed by atoms with E-state index in [1.54, 1.807) is 0 Å². The summed E-state index contributed by atoms with van der Waals surface area (Å²) in [5, 5.41) is 6.03. The summed E-state index contributed by atoms with van der Waals surface area (Å²) in [5.74, 6) is -0.0406. The lowest BCUT2D eigenvalue weighted by molar-refractivity contribution is -0.130. The van der Waals surface area contributed by atoms with Crippen LogP contribution in [0.5, 0.6) is 0 Å². The van der Waals surface area contributed by atoms with Gasteiger partial charge in [-0.1, -0.05) is 36.2 Å². The van der Waals surface area contributed by atoms with Gasteiger partial charge in [0.05, 0.1) is 11.5 Å². The highest BCUT2D eigenvalue weighted by Gasteiger charge is 2.45. The summed E-state index contributed by atoms with van der Waals surface area (Å²) in [5.41, 5.74) is 3.05. The number of benzene rings is 2. The first-order valence-corrected chi connectivity index (χ1v) is 10.5. The Balaban J connectivity index is 1.40. The first kappa shape index (κ1) is 19.6. The number of anilines is 1. The summed E-state index contributed by atoms with van der Waals surface area (Å²) in [6, 6.07) is 15.2. The molecular formula is C24H28N2O3. The van der Waals surface area contributed by atoms with Crippen molar-refractivity contribution >= 4 is 17.5 Å². The van der Waals surface area contributed by atoms with Crippen molar-refractivity contribution < 1.29 is 14.3 Å². The first-order valence-electron chi connectivity index (χ1n) is 10.5. The van der Waals surface area contributed by atoms with Gasteiger partial charge < -0.3 is 15.4 Å². The molecule has 2 aromatic carbocycles. The second-order valence-electron chi connectivity index (χ2n) is 8.18. The van der Waals surface area contributed by atoms with E-state index in [0.29, 0.717) is 12.1 Å². The molecule has 4 rings (SSSR count). The van der Waals surface area contributed by atoms with Gasteiger partial charge in [0.15, 0.2) is 0 Å². The number of aryl methyl sites for hydroxylation is 1. The van der Waals surface area contributed by atoms with Gasteiger partial charge in [0.2, 0.25) is 5.91 Å². The van der Waals surface area contributed by atoms with Crippen LogP contribution in [0.15, 0.2) is 48.5 Å². The molecule has 5 heteroatoms. The number of amides is 2. The minimum atomic E-state index is -0.446. The minimum Gasteiger partial charge on any atom is -0.376 e. The maximum absolute atomic E-state index is 12.9. The molecule has 2 aromatic rings. The van der Waals surface area contributed by atoms with Gasteiger partial charge in [0.25, 0.3) is 5.91 Å². The van der Waals surface area contributed by atoms with Gasteiger partial charge in [-0.05, 0) is 62.4 Å². The standard InChI is InChI=1S/C24H28N2O3/c1-17-5-7-18(8-6-17)22(27)26-20-11-9-19(10-12-20)24(13-3-14-24)23(28)25-16-21-4-2-15-29-21/h5-12,21H,2-4,13-16H2,1H3,(H,25,28)(H,26,27). The summed E-state index contributed by atoms with van der Waals surface area (Å²) in [6.45, 7) is 3.38. The van der Waals surface area contributed by atoms with Gasteiger partial charge in [-0.25, -0.2) is 0 Å². The van der Waals surface area contributed by atoms with Gasteiger partial charge >= 0.3 is 0 Å². The molecule has 1 atom stereocenters. The predicted octanol–water partition coefficient (Wildman–Crippen LogP) is 3.96. The Morgan fingerprint density at radius 1 is 1.03 bits per heavy atom. The summed E-state index contributed by atoms with van der Waals surface area (Å²) in [4.78, 5) is 25.3. The van der Waals surface area contributed by atoms with Crippen LogP contribution < -0.4 is 10.6 Å².